The van der Waals surface area contributed by atoms with Crippen LogP contribution in [0.4, 0.5) is 5.69 Å². The van der Waals surface area contributed by atoms with Gasteiger partial charge in [-0.25, -0.2) is 0 Å². The molecule has 1 aromatic carbocycles. The quantitative estimate of drug-likeness (QED) is 0.467. The minimum absolute atomic E-state index is 0.190. The Labute approximate surface area is 171 Å². The van der Waals surface area contributed by atoms with Crippen molar-refractivity contribution >= 4 is 28.8 Å². The predicted molar refractivity (Wildman–Crippen MR) is 110 cm³/mol. The summed E-state index contributed by atoms with van der Waals surface area (Å²) < 4.78 is 10.8. The van der Waals surface area contributed by atoms with E-state index in [1.54, 1.807) is 59.9 Å². The van der Waals surface area contributed by atoms with Crippen molar-refractivity contribution in [3.8, 4) is 0 Å². The van der Waals surface area contributed by atoms with E-state index in [9.17, 15) is 9.59 Å². The van der Waals surface area contributed by atoms with Crippen molar-refractivity contribution in [3.63, 3.8) is 0 Å². The van der Waals surface area contributed by atoms with Crippen LogP contribution in [0.3, 0.4) is 0 Å². The normalized spacial score (nSPS) is 10.6. The van der Waals surface area contributed by atoms with Crippen molar-refractivity contribution in [1.29, 1.82) is 0 Å². The molecule has 146 valence electrons. The smallest absolute Gasteiger partial charge is 0.265 e. The summed E-state index contributed by atoms with van der Waals surface area (Å²) in [6.07, 6.45) is 3.15. The summed E-state index contributed by atoms with van der Waals surface area (Å²) >= 11 is 1.36. The topological polar surface area (TPSA) is 75.7 Å². The lowest BCUT2D eigenvalue weighted by Gasteiger charge is -2.21. The Bertz CT molecular complexity index is 1030. The largest absolute Gasteiger partial charge is 0.467 e. The van der Waals surface area contributed by atoms with Gasteiger partial charge in [0, 0.05) is 11.3 Å². The first-order valence-electron chi connectivity index (χ1n) is 8.98. The van der Waals surface area contributed by atoms with E-state index in [0.717, 1.165) is 0 Å². The number of nitrogens with zero attached hydrogens (tertiary/aromatic N) is 1. The third-order valence-electron chi connectivity index (χ3n) is 4.25. The molecule has 0 unspecified atom stereocenters. The Balaban J connectivity index is 1.54. The van der Waals surface area contributed by atoms with E-state index in [0.29, 0.717) is 40.7 Å². The van der Waals surface area contributed by atoms with Crippen LogP contribution in [0.2, 0.25) is 0 Å². The molecule has 0 radical (unpaired) electrons. The van der Waals surface area contributed by atoms with Gasteiger partial charge in [0.1, 0.15) is 11.5 Å². The zero-order chi connectivity index (χ0) is 20.1. The predicted octanol–water partition coefficient (Wildman–Crippen LogP) is 5.03. The van der Waals surface area contributed by atoms with Crippen molar-refractivity contribution in [2.24, 2.45) is 0 Å². The molecule has 0 saturated heterocycles. The van der Waals surface area contributed by atoms with Crippen LogP contribution in [-0.2, 0) is 13.1 Å². The Hall–Kier alpha value is -3.58. The molecule has 0 aliphatic rings. The molecule has 0 aliphatic heterocycles. The number of furan rings is 2. The SMILES string of the molecule is O=C(Nc1cccc(C(=O)N(Cc2ccco2)Cc2ccco2)c1)c1cccs1. The Kier molecular flexibility index (Phi) is 5.58. The molecular weight excluding hydrogens is 388 g/mol. The Morgan fingerprint density at radius 1 is 0.897 bits per heavy atom. The second kappa shape index (κ2) is 8.62. The molecule has 1 N–H and O–H groups in total. The molecule has 0 bridgehead atoms. The van der Waals surface area contributed by atoms with E-state index in [-0.39, 0.29) is 11.8 Å². The lowest BCUT2D eigenvalue weighted by Crippen LogP contribution is -2.30. The lowest BCUT2D eigenvalue weighted by atomic mass is 10.1. The van der Waals surface area contributed by atoms with E-state index in [1.807, 2.05) is 23.6 Å². The Morgan fingerprint density at radius 2 is 1.62 bits per heavy atom. The van der Waals surface area contributed by atoms with E-state index in [4.69, 9.17) is 8.83 Å². The number of hydrogen-bond donors (Lipinski definition) is 1. The van der Waals surface area contributed by atoms with Gasteiger partial charge in [-0.2, -0.15) is 0 Å². The highest BCUT2D eigenvalue weighted by Gasteiger charge is 2.19. The number of anilines is 1. The molecule has 0 fully saturated rings. The van der Waals surface area contributed by atoms with Crippen LogP contribution >= 0.6 is 11.3 Å². The Morgan fingerprint density at radius 3 is 2.21 bits per heavy atom. The van der Waals surface area contributed by atoms with Gasteiger partial charge in [-0.05, 0) is 53.9 Å². The molecule has 3 heterocycles. The summed E-state index contributed by atoms with van der Waals surface area (Å²) in [6.45, 7) is 0.608. The molecule has 29 heavy (non-hydrogen) atoms. The summed E-state index contributed by atoms with van der Waals surface area (Å²) in [5.74, 6) is 0.955. The molecule has 4 aromatic rings. The molecule has 0 spiro atoms. The number of rotatable bonds is 7. The van der Waals surface area contributed by atoms with Crippen LogP contribution in [0.5, 0.6) is 0 Å². The molecule has 2 amide bonds. The minimum Gasteiger partial charge on any atom is -0.467 e. The van der Waals surface area contributed by atoms with Crippen LogP contribution in [0.25, 0.3) is 0 Å². The van der Waals surface area contributed by atoms with Crippen LogP contribution in [0, 0.1) is 0 Å². The number of nitrogens with one attached hydrogen (secondary N) is 1. The van der Waals surface area contributed by atoms with E-state index in [2.05, 4.69) is 5.32 Å². The fraction of sp³-hybridized carbons (Fsp3) is 0.0909. The van der Waals surface area contributed by atoms with Crippen molar-refractivity contribution in [2.45, 2.75) is 13.1 Å². The molecule has 0 atom stereocenters. The van der Waals surface area contributed by atoms with Gasteiger partial charge >= 0.3 is 0 Å². The molecular formula is C22H18N2O4S. The van der Waals surface area contributed by atoms with Crippen molar-refractivity contribution < 1.29 is 18.4 Å². The van der Waals surface area contributed by atoms with E-state index in [1.165, 1.54) is 11.3 Å². The first kappa shape index (κ1) is 18.8. The molecule has 4 rings (SSSR count). The van der Waals surface area contributed by atoms with Crippen molar-refractivity contribution in [3.05, 3.63) is 101 Å². The summed E-state index contributed by atoms with van der Waals surface area (Å²) in [6, 6.07) is 17.7. The molecule has 3 aromatic heterocycles. The van der Waals surface area contributed by atoms with Crippen LogP contribution in [-0.4, -0.2) is 16.7 Å². The number of benzene rings is 1. The number of carbonyl (C=O) groups is 2. The van der Waals surface area contributed by atoms with Crippen molar-refractivity contribution in [1.82, 2.24) is 4.90 Å². The maximum Gasteiger partial charge on any atom is 0.265 e. The monoisotopic (exact) mass is 406 g/mol. The third-order valence-corrected chi connectivity index (χ3v) is 5.12. The summed E-state index contributed by atoms with van der Waals surface area (Å²) in [5.41, 5.74) is 1.03. The fourth-order valence-corrected chi connectivity index (χ4v) is 3.51. The number of thiophene rings is 1. The highest BCUT2D eigenvalue weighted by atomic mass is 32.1. The maximum atomic E-state index is 13.2. The minimum atomic E-state index is -0.201. The van der Waals surface area contributed by atoms with E-state index >= 15 is 0 Å². The average Bonchev–Trinajstić information content (AvgIpc) is 3.50. The molecule has 7 heteroatoms. The maximum absolute atomic E-state index is 13.2. The summed E-state index contributed by atoms with van der Waals surface area (Å²) in [7, 11) is 0. The highest BCUT2D eigenvalue weighted by Crippen LogP contribution is 2.19. The standard InChI is InChI=1S/C22H18N2O4S/c25-21(20-9-4-12-29-20)23-17-6-1-5-16(13-17)22(26)24(14-18-7-2-10-27-18)15-19-8-3-11-28-19/h1-13H,14-15H2,(H,23,25). The van der Waals surface area contributed by atoms with Gasteiger partial charge in [0.15, 0.2) is 0 Å². The first-order valence-corrected chi connectivity index (χ1v) is 9.86. The van der Waals surface area contributed by atoms with E-state index < -0.39 is 0 Å². The highest BCUT2D eigenvalue weighted by molar-refractivity contribution is 7.12. The van der Waals surface area contributed by atoms with Crippen LogP contribution in [0.1, 0.15) is 31.6 Å². The van der Waals surface area contributed by atoms with Gasteiger partial charge in [-0.1, -0.05) is 12.1 Å². The van der Waals surface area contributed by atoms with Gasteiger partial charge in [-0.15, -0.1) is 11.3 Å². The lowest BCUT2D eigenvalue weighted by molar-refractivity contribution is 0.0704. The zero-order valence-corrected chi connectivity index (χ0v) is 16.2. The van der Waals surface area contributed by atoms with Crippen LogP contribution < -0.4 is 5.32 Å². The van der Waals surface area contributed by atoms with Gasteiger partial charge < -0.3 is 19.1 Å². The number of carbonyl (C=O) groups excluding carboxylic acids is 2. The molecule has 0 aliphatic carbocycles. The average molecular weight is 406 g/mol. The second-order valence-electron chi connectivity index (χ2n) is 6.33. The van der Waals surface area contributed by atoms with Gasteiger partial charge in [0.05, 0.1) is 30.5 Å². The number of amides is 2. The molecule has 0 saturated carbocycles. The summed E-state index contributed by atoms with van der Waals surface area (Å²) in [5, 5.41) is 4.68. The number of hydrogen-bond acceptors (Lipinski definition) is 5. The van der Waals surface area contributed by atoms with Gasteiger partial charge in [-0.3, -0.25) is 9.59 Å². The zero-order valence-electron chi connectivity index (χ0n) is 15.4. The summed E-state index contributed by atoms with van der Waals surface area (Å²) in [4.78, 5) is 27.7. The van der Waals surface area contributed by atoms with Gasteiger partial charge in [0.2, 0.25) is 0 Å². The van der Waals surface area contributed by atoms with Gasteiger partial charge in [0.25, 0.3) is 11.8 Å². The third kappa shape index (κ3) is 4.64. The first-order chi connectivity index (χ1) is 14.2. The molecule has 6 nitrogen and oxygen atoms in total. The van der Waals surface area contributed by atoms with Crippen LogP contribution in [0.15, 0.2) is 87.4 Å². The van der Waals surface area contributed by atoms with Crippen molar-refractivity contribution in [2.75, 3.05) is 5.32 Å². The second-order valence-corrected chi connectivity index (χ2v) is 7.28. The fourth-order valence-electron chi connectivity index (χ4n) is 2.89.